The summed E-state index contributed by atoms with van der Waals surface area (Å²) in [5.41, 5.74) is 0. The first-order valence-electron chi connectivity index (χ1n) is 4.78. The topological polar surface area (TPSA) is 79.2 Å². The van der Waals surface area contributed by atoms with Gasteiger partial charge in [0.2, 0.25) is 5.76 Å². The molecule has 0 aromatic rings. The molecular weight excluding hydrogens is 202 g/mol. The van der Waals surface area contributed by atoms with Crippen molar-refractivity contribution in [3.63, 3.8) is 0 Å². The van der Waals surface area contributed by atoms with Crippen LogP contribution in [-0.2, 0) is 14.3 Å². The molecule has 84 valence electrons. The highest BCUT2D eigenvalue weighted by Crippen LogP contribution is 2.15. The number of β-amino-alcohol motifs (C(OH)–C–C–N with tert-alkyl or cyclic N) is 2. The third kappa shape index (κ3) is 2.05. The van der Waals surface area contributed by atoms with E-state index in [1.54, 1.807) is 0 Å². The molecule has 6 heteroatoms. The predicted molar refractivity (Wildman–Crippen MR) is 48.6 cm³/mol. The molecule has 0 bridgehead atoms. The predicted octanol–water partition coefficient (Wildman–Crippen LogP) is -1.56. The van der Waals surface area contributed by atoms with Gasteiger partial charge in [0.15, 0.2) is 0 Å². The molecule has 0 radical (unpaired) electrons. The molecule has 1 fully saturated rings. The molecule has 2 N–H and O–H groups in total. The van der Waals surface area contributed by atoms with Gasteiger partial charge in [-0.15, -0.1) is 0 Å². The highest BCUT2D eigenvalue weighted by Gasteiger charge is 2.34. The molecule has 0 spiro atoms. The van der Waals surface area contributed by atoms with E-state index in [0.717, 1.165) is 0 Å². The number of ether oxygens (including phenoxy) is 2. The number of hydrogen-bond acceptors (Lipinski definition) is 5. The fraction of sp³-hybridized carbons (Fsp3) is 0.667. The highest BCUT2D eigenvalue weighted by atomic mass is 16.6. The van der Waals surface area contributed by atoms with E-state index >= 15 is 0 Å². The molecule has 2 rings (SSSR count). The zero-order valence-electron chi connectivity index (χ0n) is 8.13. The molecule has 0 unspecified atom stereocenters. The standard InChI is InChI=1S/C9H13NO5/c11-6-3-10(4-7(6)12)9(13)8-5-14-1-2-15-8/h5-7,11-12H,1-4H2/t6-,7+. The van der Waals surface area contributed by atoms with Gasteiger partial charge in [-0.25, -0.2) is 0 Å². The lowest BCUT2D eigenvalue weighted by atomic mass is 10.3. The van der Waals surface area contributed by atoms with E-state index in [4.69, 9.17) is 9.47 Å². The molecular formula is C9H13NO5. The second-order valence-electron chi connectivity index (χ2n) is 3.55. The number of amides is 1. The zero-order chi connectivity index (χ0) is 10.8. The second-order valence-corrected chi connectivity index (χ2v) is 3.55. The monoisotopic (exact) mass is 215 g/mol. The maximum Gasteiger partial charge on any atom is 0.292 e. The first-order valence-corrected chi connectivity index (χ1v) is 4.78. The van der Waals surface area contributed by atoms with Gasteiger partial charge in [-0.3, -0.25) is 4.79 Å². The largest absolute Gasteiger partial charge is 0.494 e. The van der Waals surface area contributed by atoms with Crippen LogP contribution >= 0.6 is 0 Å². The fourth-order valence-electron chi connectivity index (χ4n) is 1.57. The minimum absolute atomic E-state index is 0.126. The summed E-state index contributed by atoms with van der Waals surface area (Å²) in [6.07, 6.45) is -0.485. The maximum atomic E-state index is 11.7. The van der Waals surface area contributed by atoms with E-state index in [1.165, 1.54) is 11.2 Å². The van der Waals surface area contributed by atoms with Crippen molar-refractivity contribution >= 4 is 5.91 Å². The zero-order valence-corrected chi connectivity index (χ0v) is 8.13. The Labute approximate surface area is 86.7 Å². The number of hydrogen-bond donors (Lipinski definition) is 2. The Morgan fingerprint density at radius 1 is 1.33 bits per heavy atom. The van der Waals surface area contributed by atoms with Crippen molar-refractivity contribution < 1.29 is 24.5 Å². The van der Waals surface area contributed by atoms with Gasteiger partial charge in [-0.05, 0) is 0 Å². The van der Waals surface area contributed by atoms with Crippen molar-refractivity contribution in [3.05, 3.63) is 12.0 Å². The Bertz CT molecular complexity index is 280. The summed E-state index contributed by atoms with van der Waals surface area (Å²) in [4.78, 5) is 13.1. The van der Waals surface area contributed by atoms with Crippen molar-refractivity contribution in [1.82, 2.24) is 4.90 Å². The van der Waals surface area contributed by atoms with Crippen LogP contribution in [0, 0.1) is 0 Å². The van der Waals surface area contributed by atoms with Gasteiger partial charge in [0.05, 0.1) is 12.2 Å². The van der Waals surface area contributed by atoms with Crippen LogP contribution in [0.5, 0.6) is 0 Å². The number of carbonyl (C=O) groups excluding carboxylic acids is 1. The third-order valence-electron chi connectivity index (χ3n) is 2.41. The first kappa shape index (κ1) is 10.3. The van der Waals surface area contributed by atoms with E-state index in [2.05, 4.69) is 0 Å². The van der Waals surface area contributed by atoms with Crippen molar-refractivity contribution in [2.45, 2.75) is 12.2 Å². The molecule has 6 nitrogen and oxygen atoms in total. The third-order valence-corrected chi connectivity index (χ3v) is 2.41. The van der Waals surface area contributed by atoms with E-state index in [-0.39, 0.29) is 24.8 Å². The summed E-state index contributed by atoms with van der Waals surface area (Å²) in [5.74, 6) is -0.229. The minimum atomic E-state index is -0.876. The van der Waals surface area contributed by atoms with Gasteiger partial charge < -0.3 is 24.6 Å². The normalized spacial score (nSPS) is 30.5. The number of nitrogens with zero attached hydrogens (tertiary/aromatic N) is 1. The van der Waals surface area contributed by atoms with Crippen LogP contribution < -0.4 is 0 Å². The highest BCUT2D eigenvalue weighted by molar-refractivity contribution is 5.91. The SMILES string of the molecule is O=C(C1=COCCO1)N1C[C@@H](O)[C@@H](O)C1. The van der Waals surface area contributed by atoms with Gasteiger partial charge in [-0.2, -0.15) is 0 Å². The molecule has 15 heavy (non-hydrogen) atoms. The van der Waals surface area contributed by atoms with Gasteiger partial charge in [0, 0.05) is 13.1 Å². The van der Waals surface area contributed by atoms with E-state index in [9.17, 15) is 15.0 Å². The number of likely N-dealkylation sites (tertiary alicyclic amines) is 1. The van der Waals surface area contributed by atoms with Crippen molar-refractivity contribution in [3.8, 4) is 0 Å². The Balaban J connectivity index is 1.99. The number of aliphatic hydroxyl groups excluding tert-OH is 2. The minimum Gasteiger partial charge on any atom is -0.494 e. The quantitative estimate of drug-likeness (QED) is 0.553. The van der Waals surface area contributed by atoms with Crippen LogP contribution in [0.15, 0.2) is 12.0 Å². The smallest absolute Gasteiger partial charge is 0.292 e. The summed E-state index contributed by atoms with van der Waals surface area (Å²) in [7, 11) is 0. The van der Waals surface area contributed by atoms with Crippen molar-refractivity contribution in [2.24, 2.45) is 0 Å². The molecule has 0 saturated carbocycles. The molecule has 2 atom stereocenters. The van der Waals surface area contributed by atoms with Gasteiger partial charge in [0.1, 0.15) is 19.5 Å². The summed E-state index contributed by atoms with van der Waals surface area (Å²) in [6, 6.07) is 0. The molecule has 2 aliphatic rings. The summed E-state index contributed by atoms with van der Waals surface area (Å²) in [6.45, 7) is 1.03. The molecule has 0 aliphatic carbocycles. The van der Waals surface area contributed by atoms with Crippen LogP contribution in [0.25, 0.3) is 0 Å². The van der Waals surface area contributed by atoms with Gasteiger partial charge in [-0.1, -0.05) is 0 Å². The Hall–Kier alpha value is -1.27. The Kier molecular flexibility index (Phi) is 2.79. The van der Waals surface area contributed by atoms with E-state index < -0.39 is 12.2 Å². The lowest BCUT2D eigenvalue weighted by molar-refractivity contribution is -0.131. The summed E-state index contributed by atoms with van der Waals surface area (Å²) in [5, 5.41) is 18.6. The van der Waals surface area contributed by atoms with Crippen LogP contribution in [0.1, 0.15) is 0 Å². The number of carbonyl (C=O) groups is 1. The van der Waals surface area contributed by atoms with Crippen LogP contribution in [0.3, 0.4) is 0 Å². The second kappa shape index (κ2) is 4.08. The Morgan fingerprint density at radius 2 is 2.00 bits per heavy atom. The fourth-order valence-corrected chi connectivity index (χ4v) is 1.57. The van der Waals surface area contributed by atoms with E-state index in [0.29, 0.717) is 13.2 Å². The molecule has 2 heterocycles. The average Bonchev–Trinajstić information content (AvgIpc) is 2.59. The first-order chi connectivity index (χ1) is 7.18. The number of aliphatic hydroxyl groups is 2. The van der Waals surface area contributed by atoms with Crippen LogP contribution in [0.2, 0.25) is 0 Å². The lowest BCUT2D eigenvalue weighted by Gasteiger charge is -2.20. The molecule has 0 aromatic carbocycles. The van der Waals surface area contributed by atoms with Crippen molar-refractivity contribution in [1.29, 1.82) is 0 Å². The molecule has 2 aliphatic heterocycles. The van der Waals surface area contributed by atoms with Gasteiger partial charge >= 0.3 is 0 Å². The number of rotatable bonds is 1. The summed E-state index contributed by atoms with van der Waals surface area (Å²) < 4.78 is 10.1. The average molecular weight is 215 g/mol. The lowest BCUT2D eigenvalue weighted by Crippen LogP contribution is -2.33. The maximum absolute atomic E-state index is 11.7. The summed E-state index contributed by atoms with van der Waals surface area (Å²) >= 11 is 0. The molecule has 1 amide bonds. The van der Waals surface area contributed by atoms with Crippen LogP contribution in [0.4, 0.5) is 0 Å². The van der Waals surface area contributed by atoms with Crippen molar-refractivity contribution in [2.75, 3.05) is 26.3 Å². The van der Waals surface area contributed by atoms with E-state index in [1.807, 2.05) is 0 Å². The Morgan fingerprint density at radius 3 is 2.53 bits per heavy atom. The molecule has 1 saturated heterocycles. The molecule has 0 aromatic heterocycles. The van der Waals surface area contributed by atoms with Crippen LogP contribution in [-0.4, -0.2) is 59.5 Å². The van der Waals surface area contributed by atoms with Gasteiger partial charge in [0.25, 0.3) is 5.91 Å².